The van der Waals surface area contributed by atoms with E-state index in [0.29, 0.717) is 29.4 Å². The fourth-order valence-electron chi connectivity index (χ4n) is 2.17. The summed E-state index contributed by atoms with van der Waals surface area (Å²) in [6, 6.07) is 3.28. The Morgan fingerprint density at radius 3 is 2.04 bits per heavy atom. The Labute approximate surface area is 153 Å². The predicted molar refractivity (Wildman–Crippen MR) is 96.8 cm³/mol. The third-order valence-corrected chi connectivity index (χ3v) is 3.41. The lowest BCUT2D eigenvalue weighted by molar-refractivity contribution is -0.141. The van der Waals surface area contributed by atoms with E-state index in [0.717, 1.165) is 6.42 Å². The Morgan fingerprint density at radius 1 is 0.962 bits per heavy atom. The standard InChI is InChI=1S/C19H26O7/c1-6-7-25-8-9-26-19(21)15(13(2)20)10-14-11-16(22-3)18(24-5)17(12-14)23-4/h10-12H,6-9H2,1-5H3/b15-10+. The molecule has 1 aromatic rings. The summed E-state index contributed by atoms with van der Waals surface area (Å²) >= 11 is 0. The van der Waals surface area contributed by atoms with Crippen LogP contribution in [0.15, 0.2) is 17.7 Å². The minimum Gasteiger partial charge on any atom is -0.493 e. The van der Waals surface area contributed by atoms with Crippen LogP contribution in [0.3, 0.4) is 0 Å². The van der Waals surface area contributed by atoms with Gasteiger partial charge in [-0.2, -0.15) is 0 Å². The minimum atomic E-state index is -0.702. The second-order valence-corrected chi connectivity index (χ2v) is 5.32. The summed E-state index contributed by atoms with van der Waals surface area (Å²) in [5.74, 6) is 0.154. The van der Waals surface area contributed by atoms with E-state index in [2.05, 4.69) is 0 Å². The highest BCUT2D eigenvalue weighted by molar-refractivity contribution is 6.19. The first-order chi connectivity index (χ1) is 12.5. The van der Waals surface area contributed by atoms with Crippen molar-refractivity contribution in [1.82, 2.24) is 0 Å². The van der Waals surface area contributed by atoms with E-state index in [4.69, 9.17) is 23.7 Å². The topological polar surface area (TPSA) is 80.3 Å². The number of hydrogen-bond donors (Lipinski definition) is 0. The van der Waals surface area contributed by atoms with Crippen LogP contribution in [-0.2, 0) is 19.1 Å². The SMILES string of the molecule is CCCOCCOC(=O)/C(=C/c1cc(OC)c(OC)c(OC)c1)C(C)=O. The molecular formula is C19H26O7. The number of carbonyl (C=O) groups is 2. The number of methoxy groups -OCH3 is 3. The highest BCUT2D eigenvalue weighted by atomic mass is 16.6. The molecule has 0 atom stereocenters. The molecule has 0 saturated heterocycles. The first kappa shape index (κ1) is 21.5. The van der Waals surface area contributed by atoms with Gasteiger partial charge in [-0.25, -0.2) is 4.79 Å². The lowest BCUT2D eigenvalue weighted by Crippen LogP contribution is -2.16. The van der Waals surface area contributed by atoms with E-state index in [1.165, 1.54) is 34.3 Å². The molecule has 1 rings (SSSR count). The van der Waals surface area contributed by atoms with Crippen molar-refractivity contribution in [3.05, 3.63) is 23.3 Å². The van der Waals surface area contributed by atoms with Gasteiger partial charge < -0.3 is 23.7 Å². The highest BCUT2D eigenvalue weighted by Gasteiger charge is 2.18. The van der Waals surface area contributed by atoms with Crippen LogP contribution in [0.2, 0.25) is 0 Å². The lowest BCUT2D eigenvalue weighted by Gasteiger charge is -2.13. The van der Waals surface area contributed by atoms with Gasteiger partial charge in [-0.05, 0) is 37.1 Å². The largest absolute Gasteiger partial charge is 0.493 e. The third kappa shape index (κ3) is 6.07. The van der Waals surface area contributed by atoms with Crippen molar-refractivity contribution < 1.29 is 33.3 Å². The normalized spacial score (nSPS) is 11.0. The molecule has 0 spiro atoms. The van der Waals surface area contributed by atoms with Crippen LogP contribution >= 0.6 is 0 Å². The number of hydrogen-bond acceptors (Lipinski definition) is 7. The molecule has 0 radical (unpaired) electrons. The molecule has 0 fully saturated rings. The van der Waals surface area contributed by atoms with Gasteiger partial charge in [-0.1, -0.05) is 6.92 Å². The van der Waals surface area contributed by atoms with Gasteiger partial charge in [0.15, 0.2) is 17.3 Å². The van der Waals surface area contributed by atoms with Gasteiger partial charge in [0.05, 0.1) is 27.9 Å². The van der Waals surface area contributed by atoms with Gasteiger partial charge >= 0.3 is 5.97 Å². The molecule has 0 N–H and O–H groups in total. The maximum absolute atomic E-state index is 12.2. The number of ether oxygens (including phenoxy) is 5. The monoisotopic (exact) mass is 366 g/mol. The molecule has 7 heteroatoms. The maximum Gasteiger partial charge on any atom is 0.341 e. The molecule has 0 aromatic heterocycles. The van der Waals surface area contributed by atoms with E-state index in [1.807, 2.05) is 6.92 Å². The molecule has 7 nitrogen and oxygen atoms in total. The van der Waals surface area contributed by atoms with Crippen molar-refractivity contribution in [3.8, 4) is 17.2 Å². The van der Waals surface area contributed by atoms with Crippen molar-refractivity contribution in [2.75, 3.05) is 41.2 Å². The summed E-state index contributed by atoms with van der Waals surface area (Å²) in [5, 5.41) is 0. The van der Waals surface area contributed by atoms with Gasteiger partial charge in [-0.15, -0.1) is 0 Å². The first-order valence-corrected chi connectivity index (χ1v) is 8.25. The molecular weight excluding hydrogens is 340 g/mol. The van der Waals surface area contributed by atoms with Crippen LogP contribution in [0.1, 0.15) is 25.8 Å². The molecule has 0 aliphatic heterocycles. The molecule has 0 amide bonds. The molecule has 144 valence electrons. The number of Topliss-reactive ketones (excluding diaryl/α,β-unsaturated/α-hetero) is 1. The Hall–Kier alpha value is -2.54. The van der Waals surface area contributed by atoms with Crippen molar-refractivity contribution in [3.63, 3.8) is 0 Å². The quantitative estimate of drug-likeness (QED) is 0.196. The zero-order valence-electron chi connectivity index (χ0n) is 15.9. The summed E-state index contributed by atoms with van der Waals surface area (Å²) in [5.41, 5.74) is 0.471. The van der Waals surface area contributed by atoms with Crippen LogP contribution in [0.4, 0.5) is 0 Å². The summed E-state index contributed by atoms with van der Waals surface area (Å²) in [6.45, 7) is 4.25. The Bertz CT molecular complexity index is 624. The van der Waals surface area contributed by atoms with Crippen molar-refractivity contribution >= 4 is 17.8 Å². The van der Waals surface area contributed by atoms with E-state index >= 15 is 0 Å². The summed E-state index contributed by atoms with van der Waals surface area (Å²) in [7, 11) is 4.47. The predicted octanol–water partition coefficient (Wildman–Crippen LogP) is 2.65. The molecule has 0 bridgehead atoms. The number of carbonyl (C=O) groups excluding carboxylic acids is 2. The summed E-state index contributed by atoms with van der Waals surface area (Å²) in [6.07, 6.45) is 2.32. The van der Waals surface area contributed by atoms with E-state index in [9.17, 15) is 9.59 Å². The van der Waals surface area contributed by atoms with Gasteiger partial charge in [0, 0.05) is 6.61 Å². The van der Waals surface area contributed by atoms with E-state index < -0.39 is 11.8 Å². The summed E-state index contributed by atoms with van der Waals surface area (Å²) < 4.78 is 26.2. The van der Waals surface area contributed by atoms with E-state index in [-0.39, 0.29) is 18.8 Å². The zero-order valence-corrected chi connectivity index (χ0v) is 15.9. The number of ketones is 1. The summed E-state index contributed by atoms with van der Waals surface area (Å²) in [4.78, 5) is 24.1. The van der Waals surface area contributed by atoms with E-state index in [1.54, 1.807) is 12.1 Å². The van der Waals surface area contributed by atoms with Crippen LogP contribution in [0.5, 0.6) is 17.2 Å². The third-order valence-electron chi connectivity index (χ3n) is 3.41. The number of benzene rings is 1. The van der Waals surface area contributed by atoms with Crippen molar-refractivity contribution in [2.24, 2.45) is 0 Å². The molecule has 0 unspecified atom stereocenters. The van der Waals surface area contributed by atoms with Crippen molar-refractivity contribution in [2.45, 2.75) is 20.3 Å². The zero-order chi connectivity index (χ0) is 19.5. The molecule has 0 saturated carbocycles. The smallest absolute Gasteiger partial charge is 0.341 e. The van der Waals surface area contributed by atoms with Crippen LogP contribution in [0, 0.1) is 0 Å². The Kier molecular flexibility index (Phi) is 9.22. The minimum absolute atomic E-state index is 0.0743. The average Bonchev–Trinajstić information content (AvgIpc) is 2.64. The average molecular weight is 366 g/mol. The van der Waals surface area contributed by atoms with Crippen molar-refractivity contribution in [1.29, 1.82) is 0 Å². The fourth-order valence-corrected chi connectivity index (χ4v) is 2.17. The number of esters is 1. The van der Waals surface area contributed by atoms with Gasteiger partial charge in [0.1, 0.15) is 12.2 Å². The molecule has 0 heterocycles. The van der Waals surface area contributed by atoms with Gasteiger partial charge in [0.2, 0.25) is 5.75 Å². The second-order valence-electron chi connectivity index (χ2n) is 5.32. The van der Waals surface area contributed by atoms with Crippen LogP contribution < -0.4 is 14.2 Å². The first-order valence-electron chi connectivity index (χ1n) is 8.25. The lowest BCUT2D eigenvalue weighted by atomic mass is 10.1. The van der Waals surface area contributed by atoms with Gasteiger partial charge in [0.25, 0.3) is 0 Å². The van der Waals surface area contributed by atoms with Gasteiger partial charge in [-0.3, -0.25) is 4.79 Å². The molecule has 26 heavy (non-hydrogen) atoms. The Morgan fingerprint density at radius 2 is 1.58 bits per heavy atom. The highest BCUT2D eigenvalue weighted by Crippen LogP contribution is 2.38. The van der Waals surface area contributed by atoms with Crippen LogP contribution in [0.25, 0.3) is 6.08 Å². The van der Waals surface area contributed by atoms with Crippen LogP contribution in [-0.4, -0.2) is 52.9 Å². The molecule has 1 aromatic carbocycles. The number of rotatable bonds is 11. The second kappa shape index (κ2) is 11.1. The maximum atomic E-state index is 12.2. The Balaban J connectivity index is 3.04. The molecule has 0 aliphatic carbocycles. The fraction of sp³-hybridized carbons (Fsp3) is 0.474. The molecule has 0 aliphatic rings.